The molecule has 2 rings (SSSR count). The van der Waals surface area contributed by atoms with Gasteiger partial charge < -0.3 is 5.32 Å². The highest BCUT2D eigenvalue weighted by atomic mass is 19.3. The Morgan fingerprint density at radius 3 is 2.76 bits per heavy atom. The van der Waals surface area contributed by atoms with Crippen LogP contribution in [-0.4, -0.2) is 4.98 Å². The molecule has 88 valence electrons. The Kier molecular flexibility index (Phi) is 3.65. The quantitative estimate of drug-likeness (QED) is 0.873. The van der Waals surface area contributed by atoms with Gasteiger partial charge in [0.25, 0.3) is 6.43 Å². The van der Waals surface area contributed by atoms with Crippen molar-refractivity contribution >= 4 is 5.69 Å². The van der Waals surface area contributed by atoms with Crippen molar-refractivity contribution in [2.24, 2.45) is 0 Å². The highest BCUT2D eigenvalue weighted by molar-refractivity contribution is 5.40. The van der Waals surface area contributed by atoms with Crippen LogP contribution in [-0.2, 0) is 6.54 Å². The molecule has 2 nitrogen and oxygen atoms in total. The molecule has 2 aromatic rings. The number of hydrogen-bond donors (Lipinski definition) is 1. The van der Waals surface area contributed by atoms with E-state index in [1.165, 1.54) is 12.1 Å². The van der Waals surface area contributed by atoms with E-state index in [1.807, 2.05) is 18.2 Å². The molecule has 0 bridgehead atoms. The van der Waals surface area contributed by atoms with Gasteiger partial charge >= 0.3 is 0 Å². The number of anilines is 1. The van der Waals surface area contributed by atoms with E-state index in [2.05, 4.69) is 10.3 Å². The lowest BCUT2D eigenvalue weighted by atomic mass is 10.1. The van der Waals surface area contributed by atoms with Gasteiger partial charge in [-0.3, -0.25) is 4.98 Å². The molecule has 0 aliphatic carbocycles. The van der Waals surface area contributed by atoms with Gasteiger partial charge in [-0.1, -0.05) is 18.2 Å². The minimum absolute atomic E-state index is 0.0514. The molecule has 0 aliphatic heterocycles. The van der Waals surface area contributed by atoms with E-state index in [0.717, 1.165) is 11.3 Å². The van der Waals surface area contributed by atoms with Crippen LogP contribution in [0.25, 0.3) is 0 Å². The van der Waals surface area contributed by atoms with Crippen molar-refractivity contribution in [3.05, 3.63) is 59.9 Å². The highest BCUT2D eigenvalue weighted by Gasteiger charge is 2.06. The van der Waals surface area contributed by atoms with Gasteiger partial charge in [0.1, 0.15) is 0 Å². The van der Waals surface area contributed by atoms with E-state index in [0.29, 0.717) is 6.54 Å². The predicted molar refractivity (Wildman–Crippen MR) is 63.0 cm³/mol. The van der Waals surface area contributed by atoms with Gasteiger partial charge in [-0.15, -0.1) is 0 Å². The third-order valence-electron chi connectivity index (χ3n) is 2.36. The number of hydrogen-bond acceptors (Lipinski definition) is 2. The summed E-state index contributed by atoms with van der Waals surface area (Å²) in [6, 6.07) is 10.1. The summed E-state index contributed by atoms with van der Waals surface area (Å²) < 4.78 is 25.0. The summed E-state index contributed by atoms with van der Waals surface area (Å²) in [6.07, 6.45) is 0.952. The van der Waals surface area contributed by atoms with Crippen molar-refractivity contribution in [3.8, 4) is 0 Å². The lowest BCUT2D eigenvalue weighted by Gasteiger charge is -2.07. The van der Waals surface area contributed by atoms with Crippen LogP contribution >= 0.6 is 0 Å². The lowest BCUT2D eigenvalue weighted by molar-refractivity contribution is 0.151. The molecule has 1 N–H and O–H groups in total. The molecule has 0 saturated heterocycles. The molecule has 0 amide bonds. The number of benzene rings is 1. The van der Waals surface area contributed by atoms with Crippen molar-refractivity contribution in [2.75, 3.05) is 5.32 Å². The first kappa shape index (κ1) is 11.5. The molecule has 0 fully saturated rings. The Labute approximate surface area is 98.3 Å². The van der Waals surface area contributed by atoms with Gasteiger partial charge in [-0.2, -0.15) is 0 Å². The summed E-state index contributed by atoms with van der Waals surface area (Å²) in [4.78, 5) is 3.96. The van der Waals surface area contributed by atoms with E-state index in [4.69, 9.17) is 0 Å². The maximum absolute atomic E-state index is 12.5. The summed E-state index contributed by atoms with van der Waals surface area (Å²) in [6.45, 7) is 0.506. The van der Waals surface area contributed by atoms with E-state index in [-0.39, 0.29) is 5.56 Å². The largest absolute Gasteiger partial charge is 0.380 e. The van der Waals surface area contributed by atoms with E-state index in [9.17, 15) is 8.78 Å². The first-order valence-corrected chi connectivity index (χ1v) is 5.26. The molecule has 4 heteroatoms. The number of pyridine rings is 1. The number of halogens is 2. The normalized spacial score (nSPS) is 10.5. The molecule has 0 saturated carbocycles. The van der Waals surface area contributed by atoms with Crippen molar-refractivity contribution < 1.29 is 8.78 Å². The first-order chi connectivity index (χ1) is 8.25. The van der Waals surface area contributed by atoms with E-state index in [1.54, 1.807) is 18.5 Å². The zero-order valence-corrected chi connectivity index (χ0v) is 9.11. The summed E-state index contributed by atoms with van der Waals surface area (Å²) in [5.41, 5.74) is 1.75. The lowest BCUT2D eigenvalue weighted by Crippen LogP contribution is -2.00. The van der Waals surface area contributed by atoms with Crippen LogP contribution in [0.5, 0.6) is 0 Å². The van der Waals surface area contributed by atoms with Gasteiger partial charge in [0.05, 0.1) is 5.69 Å². The fourth-order valence-electron chi connectivity index (χ4n) is 1.51. The van der Waals surface area contributed by atoms with Crippen LogP contribution in [0.2, 0.25) is 0 Å². The van der Waals surface area contributed by atoms with E-state index >= 15 is 0 Å². The zero-order valence-electron chi connectivity index (χ0n) is 9.11. The van der Waals surface area contributed by atoms with E-state index < -0.39 is 6.43 Å². The van der Waals surface area contributed by atoms with Crippen molar-refractivity contribution in [1.82, 2.24) is 4.98 Å². The molecule has 0 aliphatic rings. The molecule has 1 aromatic carbocycles. The SMILES string of the molecule is FC(F)c1cccc(CNc2cccnc2)c1. The summed E-state index contributed by atoms with van der Waals surface area (Å²) in [5, 5.41) is 3.12. The maximum atomic E-state index is 12.5. The van der Waals surface area contributed by atoms with Crippen molar-refractivity contribution in [3.63, 3.8) is 0 Å². The summed E-state index contributed by atoms with van der Waals surface area (Å²) in [5.74, 6) is 0. The first-order valence-electron chi connectivity index (χ1n) is 5.26. The van der Waals surface area contributed by atoms with Gasteiger partial charge in [0.15, 0.2) is 0 Å². The average molecular weight is 234 g/mol. The molecule has 1 aromatic heterocycles. The average Bonchev–Trinajstić information content (AvgIpc) is 2.38. The Morgan fingerprint density at radius 2 is 2.06 bits per heavy atom. The monoisotopic (exact) mass is 234 g/mol. The van der Waals surface area contributed by atoms with Crippen molar-refractivity contribution in [1.29, 1.82) is 0 Å². The fraction of sp³-hybridized carbons (Fsp3) is 0.154. The Hall–Kier alpha value is -1.97. The third kappa shape index (κ3) is 3.24. The number of rotatable bonds is 4. The smallest absolute Gasteiger partial charge is 0.263 e. The second kappa shape index (κ2) is 5.39. The van der Waals surface area contributed by atoms with Crippen LogP contribution in [0.4, 0.5) is 14.5 Å². The Morgan fingerprint density at radius 1 is 1.18 bits per heavy atom. The van der Waals surface area contributed by atoms with Gasteiger partial charge in [0.2, 0.25) is 0 Å². The molecule has 1 heterocycles. The molecular weight excluding hydrogens is 222 g/mol. The molecule has 0 unspecified atom stereocenters. The Bertz CT molecular complexity index is 472. The molecule has 0 atom stereocenters. The third-order valence-corrected chi connectivity index (χ3v) is 2.36. The number of nitrogens with one attached hydrogen (secondary N) is 1. The second-order valence-electron chi connectivity index (χ2n) is 3.64. The Balaban J connectivity index is 2.02. The van der Waals surface area contributed by atoms with Crippen LogP contribution in [0.3, 0.4) is 0 Å². The second-order valence-corrected chi connectivity index (χ2v) is 3.64. The van der Waals surface area contributed by atoms with Gasteiger partial charge in [-0.25, -0.2) is 8.78 Å². The number of alkyl halides is 2. The molecule has 0 spiro atoms. The molecule has 0 radical (unpaired) electrons. The number of aromatic nitrogens is 1. The van der Waals surface area contributed by atoms with Gasteiger partial charge in [-0.05, 0) is 23.8 Å². The summed E-state index contributed by atoms with van der Waals surface area (Å²) in [7, 11) is 0. The van der Waals surface area contributed by atoms with Crippen LogP contribution < -0.4 is 5.32 Å². The minimum atomic E-state index is -2.42. The molecule has 17 heavy (non-hydrogen) atoms. The highest BCUT2D eigenvalue weighted by Crippen LogP contribution is 2.19. The molecular formula is C13H12F2N2. The van der Waals surface area contributed by atoms with Crippen molar-refractivity contribution in [2.45, 2.75) is 13.0 Å². The topological polar surface area (TPSA) is 24.9 Å². The van der Waals surface area contributed by atoms with Crippen LogP contribution in [0, 0.1) is 0 Å². The van der Waals surface area contributed by atoms with Crippen LogP contribution in [0.15, 0.2) is 48.8 Å². The predicted octanol–water partition coefficient (Wildman–Crippen LogP) is 3.63. The van der Waals surface area contributed by atoms with Crippen LogP contribution in [0.1, 0.15) is 17.6 Å². The zero-order chi connectivity index (χ0) is 12.1. The maximum Gasteiger partial charge on any atom is 0.263 e. The minimum Gasteiger partial charge on any atom is -0.380 e. The summed E-state index contributed by atoms with van der Waals surface area (Å²) >= 11 is 0. The fourth-order valence-corrected chi connectivity index (χ4v) is 1.51. The van der Waals surface area contributed by atoms with Gasteiger partial charge in [0, 0.05) is 24.5 Å². The number of nitrogens with zero attached hydrogens (tertiary/aromatic N) is 1. The standard InChI is InChI=1S/C13H12F2N2/c14-13(15)11-4-1-3-10(7-11)8-17-12-5-2-6-16-9-12/h1-7,9,13,17H,8H2.